The van der Waals surface area contributed by atoms with Gasteiger partial charge in [-0.2, -0.15) is 0 Å². The van der Waals surface area contributed by atoms with E-state index in [1.807, 2.05) is 0 Å². The van der Waals surface area contributed by atoms with E-state index in [0.29, 0.717) is 5.92 Å². The van der Waals surface area contributed by atoms with Crippen LogP contribution >= 0.6 is 0 Å². The molecule has 0 bridgehead atoms. The maximum absolute atomic E-state index is 11.6. The Morgan fingerprint density at radius 2 is 2.05 bits per heavy atom. The predicted octanol–water partition coefficient (Wildman–Crippen LogP) is 2.28. The van der Waals surface area contributed by atoms with Crippen molar-refractivity contribution in [3.8, 4) is 0 Å². The maximum atomic E-state index is 11.6. The third kappa shape index (κ3) is 4.46. The Balaban J connectivity index is 1.98. The zero-order chi connectivity index (χ0) is 15.2. The minimum absolute atomic E-state index is 0.149. The fraction of sp³-hybridized carbons (Fsp3) is 0.588. The molecule has 1 atom stereocenters. The van der Waals surface area contributed by atoms with Crippen molar-refractivity contribution in [1.82, 2.24) is 5.32 Å². The number of carbonyl (C=O) groups excluding carboxylic acids is 1. The summed E-state index contributed by atoms with van der Waals surface area (Å²) >= 11 is 0. The number of nitrogens with two attached hydrogens (primary N) is 1. The standard InChI is InChI=1S/C17H27N3O/c1-13(2)11-19-12-14-6-8-15(9-7-14)20-10-4-3-5-16(20)17(18)21/h6-9,13,16,19H,3-5,10-12H2,1-2H3,(H2,18,21). The molecule has 4 nitrogen and oxygen atoms in total. The molecule has 1 fully saturated rings. The van der Waals surface area contributed by atoms with Gasteiger partial charge < -0.3 is 16.0 Å². The van der Waals surface area contributed by atoms with Crippen LogP contribution in [0.2, 0.25) is 0 Å². The molecule has 4 heteroatoms. The summed E-state index contributed by atoms with van der Waals surface area (Å²) in [5, 5.41) is 3.44. The highest BCUT2D eigenvalue weighted by atomic mass is 16.1. The van der Waals surface area contributed by atoms with Crippen molar-refractivity contribution >= 4 is 11.6 Å². The molecule has 21 heavy (non-hydrogen) atoms. The first-order valence-electron chi connectivity index (χ1n) is 7.93. The lowest BCUT2D eigenvalue weighted by atomic mass is 10.0. The maximum Gasteiger partial charge on any atom is 0.240 e. The van der Waals surface area contributed by atoms with E-state index in [4.69, 9.17) is 5.73 Å². The number of nitrogens with zero attached hydrogens (tertiary/aromatic N) is 1. The molecule has 1 unspecified atom stereocenters. The van der Waals surface area contributed by atoms with E-state index in [1.165, 1.54) is 5.56 Å². The number of amides is 1. The summed E-state index contributed by atoms with van der Waals surface area (Å²) in [4.78, 5) is 13.7. The molecule has 1 aliphatic heterocycles. The number of rotatable bonds is 6. The topological polar surface area (TPSA) is 58.4 Å². The lowest BCUT2D eigenvalue weighted by molar-refractivity contribution is -0.119. The summed E-state index contributed by atoms with van der Waals surface area (Å²) in [6.07, 6.45) is 3.08. The number of hydrogen-bond acceptors (Lipinski definition) is 3. The van der Waals surface area contributed by atoms with Crippen LogP contribution in [0.15, 0.2) is 24.3 Å². The Kier molecular flexibility index (Phi) is 5.62. The molecule has 1 amide bonds. The van der Waals surface area contributed by atoms with E-state index >= 15 is 0 Å². The van der Waals surface area contributed by atoms with Crippen molar-refractivity contribution in [3.63, 3.8) is 0 Å². The van der Waals surface area contributed by atoms with Crippen LogP contribution in [0.25, 0.3) is 0 Å². The zero-order valence-electron chi connectivity index (χ0n) is 13.1. The molecule has 1 aliphatic rings. The van der Waals surface area contributed by atoms with Crippen LogP contribution in [0.3, 0.4) is 0 Å². The average Bonchev–Trinajstić information content (AvgIpc) is 2.47. The molecule has 0 spiro atoms. The van der Waals surface area contributed by atoms with Crippen molar-refractivity contribution < 1.29 is 4.79 Å². The van der Waals surface area contributed by atoms with Gasteiger partial charge in [0.25, 0.3) is 0 Å². The molecule has 0 aliphatic carbocycles. The van der Waals surface area contributed by atoms with Crippen LogP contribution in [0.1, 0.15) is 38.7 Å². The largest absolute Gasteiger partial charge is 0.368 e. The van der Waals surface area contributed by atoms with Gasteiger partial charge in [0.2, 0.25) is 5.91 Å². The number of anilines is 1. The second-order valence-electron chi connectivity index (χ2n) is 6.30. The van der Waals surface area contributed by atoms with E-state index in [0.717, 1.165) is 44.6 Å². The number of piperidine rings is 1. The second-order valence-corrected chi connectivity index (χ2v) is 6.30. The molecule has 0 radical (unpaired) electrons. The molecule has 0 aromatic heterocycles. The van der Waals surface area contributed by atoms with Crippen LogP contribution in [0.4, 0.5) is 5.69 Å². The minimum Gasteiger partial charge on any atom is -0.368 e. The van der Waals surface area contributed by atoms with Gasteiger partial charge >= 0.3 is 0 Å². The number of carbonyl (C=O) groups is 1. The summed E-state index contributed by atoms with van der Waals surface area (Å²) in [6.45, 7) is 7.24. The third-order valence-electron chi connectivity index (χ3n) is 3.98. The van der Waals surface area contributed by atoms with Gasteiger partial charge in [0.05, 0.1) is 0 Å². The fourth-order valence-electron chi connectivity index (χ4n) is 2.85. The first-order valence-corrected chi connectivity index (χ1v) is 7.93. The zero-order valence-corrected chi connectivity index (χ0v) is 13.1. The molecule has 1 aromatic rings. The van der Waals surface area contributed by atoms with Crippen molar-refractivity contribution in [1.29, 1.82) is 0 Å². The molecular weight excluding hydrogens is 262 g/mol. The first kappa shape index (κ1) is 15.8. The third-order valence-corrected chi connectivity index (χ3v) is 3.98. The summed E-state index contributed by atoms with van der Waals surface area (Å²) in [7, 11) is 0. The summed E-state index contributed by atoms with van der Waals surface area (Å²) < 4.78 is 0. The van der Waals surface area contributed by atoms with Crippen molar-refractivity contribution in [3.05, 3.63) is 29.8 Å². The summed E-state index contributed by atoms with van der Waals surface area (Å²) in [5.74, 6) is 0.450. The van der Waals surface area contributed by atoms with Gasteiger partial charge in [0.15, 0.2) is 0 Å². The lowest BCUT2D eigenvalue weighted by Crippen LogP contribution is -2.47. The van der Waals surface area contributed by atoms with Gasteiger partial charge in [-0.05, 0) is 49.4 Å². The molecule has 0 saturated carbocycles. The minimum atomic E-state index is -0.211. The van der Waals surface area contributed by atoms with Crippen LogP contribution in [-0.4, -0.2) is 25.0 Å². The van der Waals surface area contributed by atoms with Gasteiger partial charge in [0.1, 0.15) is 6.04 Å². The van der Waals surface area contributed by atoms with E-state index in [9.17, 15) is 4.79 Å². The summed E-state index contributed by atoms with van der Waals surface area (Å²) in [5.41, 5.74) is 7.90. The first-order chi connectivity index (χ1) is 10.1. The van der Waals surface area contributed by atoms with Crippen LogP contribution < -0.4 is 16.0 Å². The van der Waals surface area contributed by atoms with Crippen molar-refractivity contribution in [2.45, 2.75) is 45.7 Å². The monoisotopic (exact) mass is 289 g/mol. The number of primary amides is 1. The Morgan fingerprint density at radius 1 is 1.33 bits per heavy atom. The Labute approximate surface area is 127 Å². The van der Waals surface area contributed by atoms with E-state index in [1.54, 1.807) is 0 Å². The second kappa shape index (κ2) is 7.46. The van der Waals surface area contributed by atoms with E-state index in [2.05, 4.69) is 48.3 Å². The summed E-state index contributed by atoms with van der Waals surface area (Å²) in [6, 6.07) is 8.33. The molecule has 1 saturated heterocycles. The fourth-order valence-corrected chi connectivity index (χ4v) is 2.85. The highest BCUT2D eigenvalue weighted by molar-refractivity contribution is 5.83. The molecule has 3 N–H and O–H groups in total. The average molecular weight is 289 g/mol. The van der Waals surface area contributed by atoms with Crippen LogP contribution in [0, 0.1) is 5.92 Å². The van der Waals surface area contributed by atoms with E-state index in [-0.39, 0.29) is 11.9 Å². The Bertz CT molecular complexity index is 456. The van der Waals surface area contributed by atoms with Gasteiger partial charge in [0, 0.05) is 18.8 Å². The normalized spacial score (nSPS) is 19.0. The molecule has 1 aromatic carbocycles. The SMILES string of the molecule is CC(C)CNCc1ccc(N2CCCCC2C(N)=O)cc1. The van der Waals surface area contributed by atoms with Crippen LogP contribution in [0.5, 0.6) is 0 Å². The Hall–Kier alpha value is -1.55. The number of hydrogen-bond donors (Lipinski definition) is 2. The molecular formula is C17H27N3O. The van der Waals surface area contributed by atoms with Crippen molar-refractivity contribution in [2.24, 2.45) is 11.7 Å². The van der Waals surface area contributed by atoms with Crippen LogP contribution in [-0.2, 0) is 11.3 Å². The number of nitrogens with one attached hydrogen (secondary N) is 1. The van der Waals surface area contributed by atoms with Gasteiger partial charge in [-0.15, -0.1) is 0 Å². The smallest absolute Gasteiger partial charge is 0.240 e. The lowest BCUT2D eigenvalue weighted by Gasteiger charge is -2.35. The molecule has 1 heterocycles. The highest BCUT2D eigenvalue weighted by Crippen LogP contribution is 2.25. The predicted molar refractivity (Wildman–Crippen MR) is 87.2 cm³/mol. The molecule has 2 rings (SSSR count). The van der Waals surface area contributed by atoms with Gasteiger partial charge in [-0.3, -0.25) is 4.79 Å². The molecule has 116 valence electrons. The van der Waals surface area contributed by atoms with Gasteiger partial charge in [-0.1, -0.05) is 26.0 Å². The van der Waals surface area contributed by atoms with Crippen molar-refractivity contribution in [2.75, 3.05) is 18.0 Å². The number of benzene rings is 1. The quantitative estimate of drug-likeness (QED) is 0.844. The highest BCUT2D eigenvalue weighted by Gasteiger charge is 2.26. The Morgan fingerprint density at radius 3 is 2.67 bits per heavy atom. The van der Waals surface area contributed by atoms with E-state index < -0.39 is 0 Å². The van der Waals surface area contributed by atoms with Gasteiger partial charge in [-0.25, -0.2) is 0 Å².